The first-order chi connectivity index (χ1) is 12.4. The number of amides is 1. The fraction of sp³-hybridized carbons (Fsp3) is 0.316. The minimum absolute atomic E-state index is 0.0848. The molecule has 0 aliphatic rings. The van der Waals surface area contributed by atoms with Gasteiger partial charge in [0.25, 0.3) is 15.9 Å². The molecule has 140 valence electrons. The number of carbonyl (C=O) groups excluding carboxylic acids is 1. The molecule has 26 heavy (non-hydrogen) atoms. The molecular formula is C19H23BrN2O3S. The molecule has 1 amide bonds. The topological polar surface area (TPSA) is 66.5 Å². The smallest absolute Gasteiger partial charge is 0.261 e. The van der Waals surface area contributed by atoms with Gasteiger partial charge in [0.1, 0.15) is 0 Å². The van der Waals surface area contributed by atoms with Crippen molar-refractivity contribution >= 4 is 37.5 Å². The van der Waals surface area contributed by atoms with Crippen molar-refractivity contribution in [2.24, 2.45) is 0 Å². The van der Waals surface area contributed by atoms with Crippen LogP contribution in [0.1, 0.15) is 37.0 Å². The van der Waals surface area contributed by atoms with Gasteiger partial charge in [-0.1, -0.05) is 35.8 Å². The molecule has 0 aliphatic carbocycles. The Kier molecular flexibility index (Phi) is 7.23. The van der Waals surface area contributed by atoms with Crippen LogP contribution < -0.4 is 4.72 Å². The first-order valence-corrected chi connectivity index (χ1v) is 10.8. The summed E-state index contributed by atoms with van der Waals surface area (Å²) in [6, 6.07) is 13.0. The number of sulfonamides is 1. The zero-order valence-corrected chi connectivity index (χ0v) is 17.3. The molecule has 0 aromatic heterocycles. The molecule has 0 aliphatic heterocycles. The first kappa shape index (κ1) is 20.5. The average Bonchev–Trinajstić information content (AvgIpc) is 2.61. The lowest BCUT2D eigenvalue weighted by Crippen LogP contribution is -2.32. The average molecular weight is 439 g/mol. The zero-order valence-electron chi connectivity index (χ0n) is 14.9. The van der Waals surface area contributed by atoms with Crippen molar-refractivity contribution in [3.05, 3.63) is 58.6 Å². The highest BCUT2D eigenvalue weighted by Crippen LogP contribution is 2.20. The van der Waals surface area contributed by atoms with Gasteiger partial charge in [0.15, 0.2) is 0 Å². The lowest BCUT2D eigenvalue weighted by atomic mass is 10.1. The molecule has 0 fully saturated rings. The number of hydrogen-bond donors (Lipinski definition) is 1. The SMILES string of the molecule is CCCN(CCC)C(=O)c1cccc(NS(=O)(=O)c2ccc(Br)cc2)c1. The Morgan fingerprint density at radius 2 is 1.65 bits per heavy atom. The van der Waals surface area contributed by atoms with Gasteiger partial charge >= 0.3 is 0 Å². The Morgan fingerprint density at radius 3 is 2.23 bits per heavy atom. The lowest BCUT2D eigenvalue weighted by molar-refractivity contribution is 0.0755. The highest BCUT2D eigenvalue weighted by molar-refractivity contribution is 9.10. The highest BCUT2D eigenvalue weighted by Gasteiger charge is 2.17. The third-order valence-electron chi connectivity index (χ3n) is 3.76. The minimum atomic E-state index is -3.71. The molecule has 0 saturated heterocycles. The molecule has 0 atom stereocenters. The van der Waals surface area contributed by atoms with Crippen LogP contribution >= 0.6 is 15.9 Å². The molecule has 2 aromatic carbocycles. The van der Waals surface area contributed by atoms with E-state index < -0.39 is 10.0 Å². The van der Waals surface area contributed by atoms with E-state index in [0.717, 1.165) is 17.3 Å². The maximum absolute atomic E-state index is 12.7. The van der Waals surface area contributed by atoms with Gasteiger partial charge in [-0.2, -0.15) is 0 Å². The van der Waals surface area contributed by atoms with E-state index in [1.54, 1.807) is 41.3 Å². The molecule has 2 aromatic rings. The monoisotopic (exact) mass is 438 g/mol. The van der Waals surface area contributed by atoms with Crippen molar-refractivity contribution in [3.63, 3.8) is 0 Å². The van der Waals surface area contributed by atoms with Crippen LogP contribution in [0.25, 0.3) is 0 Å². The van der Waals surface area contributed by atoms with Crippen LogP contribution in [0.5, 0.6) is 0 Å². The predicted octanol–water partition coefficient (Wildman–Crippen LogP) is 4.51. The number of benzene rings is 2. The normalized spacial score (nSPS) is 11.2. The summed E-state index contributed by atoms with van der Waals surface area (Å²) in [4.78, 5) is 14.7. The summed E-state index contributed by atoms with van der Waals surface area (Å²) in [5.41, 5.74) is 0.842. The van der Waals surface area contributed by atoms with Crippen LogP contribution in [-0.4, -0.2) is 32.3 Å². The van der Waals surface area contributed by atoms with Gasteiger partial charge in [0.05, 0.1) is 4.90 Å². The van der Waals surface area contributed by atoms with Gasteiger partial charge < -0.3 is 4.90 Å². The molecule has 0 saturated carbocycles. The van der Waals surface area contributed by atoms with E-state index >= 15 is 0 Å². The van der Waals surface area contributed by atoms with Crippen LogP contribution in [0.15, 0.2) is 57.9 Å². The number of carbonyl (C=O) groups is 1. The molecule has 0 radical (unpaired) electrons. The largest absolute Gasteiger partial charge is 0.339 e. The van der Waals surface area contributed by atoms with Crippen molar-refractivity contribution in [2.45, 2.75) is 31.6 Å². The van der Waals surface area contributed by atoms with Crippen LogP contribution in [0.4, 0.5) is 5.69 Å². The molecule has 0 unspecified atom stereocenters. The summed E-state index contributed by atoms with van der Waals surface area (Å²) in [6.07, 6.45) is 1.75. The summed E-state index contributed by atoms with van der Waals surface area (Å²) in [6.45, 7) is 5.42. The van der Waals surface area contributed by atoms with Gasteiger partial charge in [0.2, 0.25) is 0 Å². The quantitative estimate of drug-likeness (QED) is 0.658. The second-order valence-corrected chi connectivity index (χ2v) is 8.53. The van der Waals surface area contributed by atoms with E-state index in [4.69, 9.17) is 0 Å². The van der Waals surface area contributed by atoms with E-state index in [1.165, 1.54) is 12.1 Å². The number of anilines is 1. The number of nitrogens with zero attached hydrogens (tertiary/aromatic N) is 1. The van der Waals surface area contributed by atoms with Crippen LogP contribution in [0, 0.1) is 0 Å². The summed E-state index contributed by atoms with van der Waals surface area (Å²) < 4.78 is 28.4. The molecule has 0 bridgehead atoms. The zero-order chi connectivity index (χ0) is 19.2. The van der Waals surface area contributed by atoms with E-state index in [-0.39, 0.29) is 10.8 Å². The maximum Gasteiger partial charge on any atom is 0.261 e. The summed E-state index contributed by atoms with van der Waals surface area (Å²) in [5, 5.41) is 0. The van der Waals surface area contributed by atoms with E-state index in [9.17, 15) is 13.2 Å². The molecule has 5 nitrogen and oxygen atoms in total. The molecule has 7 heteroatoms. The van der Waals surface area contributed by atoms with Gasteiger partial charge in [-0.15, -0.1) is 0 Å². The Bertz CT molecular complexity index is 845. The van der Waals surface area contributed by atoms with Crippen molar-refractivity contribution in [3.8, 4) is 0 Å². The van der Waals surface area contributed by atoms with E-state index in [2.05, 4.69) is 20.7 Å². The molecule has 2 rings (SSSR count). The molecule has 1 N–H and O–H groups in total. The lowest BCUT2D eigenvalue weighted by Gasteiger charge is -2.21. The Hall–Kier alpha value is -1.86. The minimum Gasteiger partial charge on any atom is -0.339 e. The molecular weight excluding hydrogens is 416 g/mol. The van der Waals surface area contributed by atoms with Gasteiger partial charge in [-0.25, -0.2) is 8.42 Å². The van der Waals surface area contributed by atoms with Crippen LogP contribution in [0.3, 0.4) is 0 Å². The Morgan fingerprint density at radius 1 is 1.04 bits per heavy atom. The summed E-state index contributed by atoms with van der Waals surface area (Å²) >= 11 is 3.29. The van der Waals surface area contributed by atoms with E-state index in [1.807, 2.05) is 13.8 Å². The van der Waals surface area contributed by atoms with Gasteiger partial charge in [-0.05, 0) is 55.3 Å². The summed E-state index contributed by atoms with van der Waals surface area (Å²) in [7, 11) is -3.71. The van der Waals surface area contributed by atoms with Crippen molar-refractivity contribution < 1.29 is 13.2 Å². The predicted molar refractivity (Wildman–Crippen MR) is 108 cm³/mol. The standard InChI is InChI=1S/C19H23BrN2O3S/c1-3-12-22(13-4-2)19(23)15-6-5-7-17(14-15)21-26(24,25)18-10-8-16(20)9-11-18/h5-11,14,21H,3-4,12-13H2,1-2H3. The second kappa shape index (κ2) is 9.19. The third kappa shape index (κ3) is 5.32. The Balaban J connectivity index is 2.23. The maximum atomic E-state index is 12.7. The fourth-order valence-electron chi connectivity index (χ4n) is 2.58. The highest BCUT2D eigenvalue weighted by atomic mass is 79.9. The molecule has 0 spiro atoms. The Labute approximate surface area is 163 Å². The van der Waals surface area contributed by atoms with Crippen molar-refractivity contribution in [2.75, 3.05) is 17.8 Å². The van der Waals surface area contributed by atoms with E-state index in [0.29, 0.717) is 24.3 Å². The van der Waals surface area contributed by atoms with Crippen molar-refractivity contribution in [1.29, 1.82) is 0 Å². The third-order valence-corrected chi connectivity index (χ3v) is 5.69. The second-order valence-electron chi connectivity index (χ2n) is 5.93. The van der Waals surface area contributed by atoms with Crippen molar-refractivity contribution in [1.82, 2.24) is 4.90 Å². The van der Waals surface area contributed by atoms with Crippen LogP contribution in [0.2, 0.25) is 0 Å². The number of hydrogen-bond acceptors (Lipinski definition) is 3. The fourth-order valence-corrected chi connectivity index (χ4v) is 3.89. The van der Waals surface area contributed by atoms with Gasteiger partial charge in [0, 0.05) is 28.8 Å². The summed E-state index contributed by atoms with van der Waals surface area (Å²) in [5.74, 6) is -0.0848. The van der Waals surface area contributed by atoms with Crippen LogP contribution in [-0.2, 0) is 10.0 Å². The first-order valence-electron chi connectivity index (χ1n) is 8.55. The molecule has 0 heterocycles. The number of rotatable bonds is 8. The number of nitrogens with one attached hydrogen (secondary N) is 1. The number of halogens is 1. The van der Waals surface area contributed by atoms with Gasteiger partial charge in [-0.3, -0.25) is 9.52 Å².